The molecular weight excluding hydrogens is 466 g/mol. The minimum atomic E-state index is -0.0987. The summed E-state index contributed by atoms with van der Waals surface area (Å²) in [5.41, 5.74) is 1.03. The van der Waals surface area contributed by atoms with E-state index in [1.165, 1.54) is 0 Å². The number of piperazine rings is 1. The molecule has 0 aromatic heterocycles. The first-order valence-corrected chi connectivity index (χ1v) is 12.1. The summed E-state index contributed by atoms with van der Waals surface area (Å²) in [6.45, 7) is 5.06. The van der Waals surface area contributed by atoms with Crippen LogP contribution in [0.1, 0.15) is 20.7 Å². The minimum Gasteiger partial charge on any atom is -0.496 e. The van der Waals surface area contributed by atoms with Gasteiger partial charge in [0.05, 0.1) is 26.9 Å². The number of benzene rings is 2. The van der Waals surface area contributed by atoms with Gasteiger partial charge in [-0.05, 0) is 30.3 Å². The van der Waals surface area contributed by atoms with Crippen molar-refractivity contribution in [1.29, 1.82) is 0 Å². The number of amides is 2. The maximum absolute atomic E-state index is 13.2. The first-order chi connectivity index (χ1) is 17.6. The van der Waals surface area contributed by atoms with Crippen LogP contribution in [0, 0.1) is 0 Å². The second-order valence-corrected chi connectivity index (χ2v) is 8.94. The molecule has 0 radical (unpaired) electrons. The van der Waals surface area contributed by atoms with Gasteiger partial charge in [0, 0.05) is 51.4 Å². The van der Waals surface area contributed by atoms with Crippen LogP contribution in [-0.2, 0) is 4.74 Å². The molecule has 2 amide bonds. The van der Waals surface area contributed by atoms with Gasteiger partial charge >= 0.3 is 0 Å². The second kappa shape index (κ2) is 10.6. The van der Waals surface area contributed by atoms with E-state index in [9.17, 15) is 9.59 Å². The Hall–Kier alpha value is -3.50. The topological polar surface area (TPSA) is 90.0 Å². The van der Waals surface area contributed by atoms with E-state index in [1.54, 1.807) is 50.6 Å². The highest BCUT2D eigenvalue weighted by atomic mass is 16.7. The molecule has 5 rings (SSSR count). The molecule has 0 saturated carbocycles. The van der Waals surface area contributed by atoms with Gasteiger partial charge in [0.1, 0.15) is 17.1 Å². The van der Waals surface area contributed by atoms with Gasteiger partial charge in [-0.2, -0.15) is 0 Å². The Bertz CT molecular complexity index is 1090. The molecule has 1 atom stereocenters. The number of carbonyl (C=O) groups is 2. The van der Waals surface area contributed by atoms with Gasteiger partial charge in [-0.25, -0.2) is 0 Å². The third-order valence-corrected chi connectivity index (χ3v) is 6.81. The molecule has 2 aromatic rings. The summed E-state index contributed by atoms with van der Waals surface area (Å²) in [6, 6.07) is 10.6. The second-order valence-electron chi connectivity index (χ2n) is 8.94. The largest absolute Gasteiger partial charge is 0.496 e. The molecule has 0 spiro atoms. The van der Waals surface area contributed by atoms with Crippen LogP contribution in [0.15, 0.2) is 36.4 Å². The zero-order chi connectivity index (χ0) is 25.1. The van der Waals surface area contributed by atoms with Gasteiger partial charge in [0.15, 0.2) is 11.5 Å². The molecular formula is C26H31N3O7. The lowest BCUT2D eigenvalue weighted by molar-refractivity contribution is -0.0400. The molecule has 2 fully saturated rings. The molecule has 36 heavy (non-hydrogen) atoms. The SMILES string of the molecule is COc1cccc(OC)c1C(=O)N1CCN(C[C@@H]2CN(C(=O)c3ccc4c(c3)OCO4)CCO2)CC1. The van der Waals surface area contributed by atoms with Gasteiger partial charge in [0.2, 0.25) is 6.79 Å². The molecule has 3 aliphatic heterocycles. The summed E-state index contributed by atoms with van der Waals surface area (Å²) in [5, 5.41) is 0. The quantitative estimate of drug-likeness (QED) is 0.596. The molecule has 0 bridgehead atoms. The maximum atomic E-state index is 13.2. The fourth-order valence-corrected chi connectivity index (χ4v) is 4.87. The van der Waals surface area contributed by atoms with E-state index < -0.39 is 0 Å². The summed E-state index contributed by atoms with van der Waals surface area (Å²) in [4.78, 5) is 32.3. The number of rotatable bonds is 6. The van der Waals surface area contributed by atoms with Gasteiger partial charge in [-0.15, -0.1) is 0 Å². The van der Waals surface area contributed by atoms with Crippen LogP contribution in [0.4, 0.5) is 0 Å². The Balaban J connectivity index is 1.15. The summed E-state index contributed by atoms with van der Waals surface area (Å²) < 4.78 is 27.5. The van der Waals surface area contributed by atoms with Crippen LogP contribution in [0.25, 0.3) is 0 Å². The van der Waals surface area contributed by atoms with Crippen LogP contribution in [0.5, 0.6) is 23.0 Å². The summed E-state index contributed by atoms with van der Waals surface area (Å²) in [6.07, 6.45) is -0.0896. The highest BCUT2D eigenvalue weighted by molar-refractivity contribution is 5.99. The fourth-order valence-electron chi connectivity index (χ4n) is 4.87. The standard InChI is InChI=1S/C26H31N3O7/c1-32-21-4-3-5-22(33-2)24(21)26(31)28-10-8-27(9-11-28)15-19-16-29(12-13-34-19)25(30)18-6-7-20-23(14-18)36-17-35-20/h3-7,14,19H,8-13,15-17H2,1-2H3/t19-/m1/s1. The minimum absolute atomic E-state index is 0.0391. The number of methoxy groups -OCH3 is 2. The third kappa shape index (κ3) is 4.91. The molecule has 2 saturated heterocycles. The van der Waals surface area contributed by atoms with Crippen molar-refractivity contribution in [1.82, 2.24) is 14.7 Å². The summed E-state index contributed by atoms with van der Waals surface area (Å²) in [5.74, 6) is 2.13. The van der Waals surface area contributed by atoms with Gasteiger partial charge in [0.25, 0.3) is 11.8 Å². The predicted octanol–water partition coefficient (Wildman–Crippen LogP) is 1.73. The monoisotopic (exact) mass is 497 g/mol. The van der Waals surface area contributed by atoms with Crippen LogP contribution >= 0.6 is 0 Å². The van der Waals surface area contributed by atoms with E-state index in [4.69, 9.17) is 23.7 Å². The van der Waals surface area contributed by atoms with Gasteiger partial charge in [-0.1, -0.05) is 6.07 Å². The summed E-state index contributed by atoms with van der Waals surface area (Å²) in [7, 11) is 3.10. The van der Waals surface area contributed by atoms with E-state index in [1.807, 2.05) is 9.80 Å². The van der Waals surface area contributed by atoms with Gasteiger partial charge in [-0.3, -0.25) is 14.5 Å². The molecule has 0 N–H and O–H groups in total. The normalized spacial score (nSPS) is 19.8. The average molecular weight is 498 g/mol. The van der Waals surface area contributed by atoms with Gasteiger partial charge < -0.3 is 33.5 Å². The van der Waals surface area contributed by atoms with Crippen LogP contribution < -0.4 is 18.9 Å². The van der Waals surface area contributed by atoms with Crippen LogP contribution in [-0.4, -0.2) is 106 Å². The van der Waals surface area contributed by atoms with Crippen molar-refractivity contribution in [2.75, 3.05) is 73.4 Å². The number of fused-ring (bicyclic) bond motifs is 1. The lowest BCUT2D eigenvalue weighted by Crippen LogP contribution is -2.54. The van der Waals surface area contributed by atoms with Crippen molar-refractivity contribution < 1.29 is 33.3 Å². The zero-order valence-corrected chi connectivity index (χ0v) is 20.6. The third-order valence-electron chi connectivity index (χ3n) is 6.81. The first-order valence-electron chi connectivity index (χ1n) is 12.1. The molecule has 0 aliphatic carbocycles. The number of morpholine rings is 1. The number of nitrogens with zero attached hydrogens (tertiary/aromatic N) is 3. The fraction of sp³-hybridized carbons (Fsp3) is 0.462. The molecule has 3 aliphatic rings. The Morgan fingerprint density at radius 2 is 1.61 bits per heavy atom. The van der Waals surface area contributed by atoms with Crippen LogP contribution in [0.2, 0.25) is 0 Å². The molecule has 3 heterocycles. The first kappa shape index (κ1) is 24.2. The van der Waals surface area contributed by atoms with Crippen LogP contribution in [0.3, 0.4) is 0 Å². The average Bonchev–Trinajstić information content (AvgIpc) is 3.40. The Morgan fingerprint density at radius 1 is 0.889 bits per heavy atom. The lowest BCUT2D eigenvalue weighted by atomic mass is 10.1. The molecule has 2 aromatic carbocycles. The Labute approximate surface area is 210 Å². The number of carbonyl (C=O) groups excluding carboxylic acids is 2. The molecule has 10 nitrogen and oxygen atoms in total. The number of ether oxygens (including phenoxy) is 5. The van der Waals surface area contributed by atoms with Crippen molar-refractivity contribution in [2.24, 2.45) is 0 Å². The number of hydrogen-bond donors (Lipinski definition) is 0. The smallest absolute Gasteiger partial charge is 0.261 e. The van der Waals surface area contributed by atoms with Crippen molar-refractivity contribution in [2.45, 2.75) is 6.10 Å². The molecule has 192 valence electrons. The highest BCUT2D eigenvalue weighted by Gasteiger charge is 2.31. The number of hydrogen-bond acceptors (Lipinski definition) is 8. The van der Waals surface area contributed by atoms with E-state index in [0.29, 0.717) is 73.5 Å². The molecule has 0 unspecified atom stereocenters. The van der Waals surface area contributed by atoms with Crippen molar-refractivity contribution in [3.63, 3.8) is 0 Å². The van der Waals surface area contributed by atoms with E-state index >= 15 is 0 Å². The van der Waals surface area contributed by atoms with E-state index in [-0.39, 0.29) is 24.7 Å². The lowest BCUT2D eigenvalue weighted by Gasteiger charge is -2.39. The highest BCUT2D eigenvalue weighted by Crippen LogP contribution is 2.33. The van der Waals surface area contributed by atoms with Crippen molar-refractivity contribution in [3.8, 4) is 23.0 Å². The summed E-state index contributed by atoms with van der Waals surface area (Å²) >= 11 is 0. The van der Waals surface area contributed by atoms with Crippen molar-refractivity contribution >= 4 is 11.8 Å². The zero-order valence-electron chi connectivity index (χ0n) is 20.6. The Kier molecular flexibility index (Phi) is 7.15. The Morgan fingerprint density at radius 3 is 2.33 bits per heavy atom. The predicted molar refractivity (Wildman–Crippen MR) is 130 cm³/mol. The molecule has 10 heteroatoms. The van der Waals surface area contributed by atoms with E-state index in [2.05, 4.69) is 4.90 Å². The van der Waals surface area contributed by atoms with Crippen molar-refractivity contribution in [3.05, 3.63) is 47.5 Å². The van der Waals surface area contributed by atoms with E-state index in [0.717, 1.165) is 13.1 Å². The maximum Gasteiger partial charge on any atom is 0.261 e.